The molecule has 1 saturated heterocycles. The van der Waals surface area contributed by atoms with E-state index in [1.54, 1.807) is 7.05 Å². The number of rotatable bonds is 13. The minimum atomic E-state index is -3.80. The molecule has 2 fully saturated rings. The number of benzene rings is 1. The number of likely N-dealkylation sites (tertiary alicyclic amines) is 1. The van der Waals surface area contributed by atoms with E-state index in [0.29, 0.717) is 18.4 Å². The van der Waals surface area contributed by atoms with E-state index in [0.717, 1.165) is 37.5 Å². The highest BCUT2D eigenvalue weighted by atomic mass is 32.2. The molecule has 11 nitrogen and oxygen atoms in total. The van der Waals surface area contributed by atoms with Gasteiger partial charge in [-0.15, -0.1) is 0 Å². The zero-order chi connectivity index (χ0) is 33.6. The van der Waals surface area contributed by atoms with Crippen molar-refractivity contribution in [2.24, 2.45) is 11.8 Å². The van der Waals surface area contributed by atoms with E-state index >= 15 is 0 Å². The van der Waals surface area contributed by atoms with Crippen molar-refractivity contribution in [2.45, 2.75) is 108 Å². The van der Waals surface area contributed by atoms with Gasteiger partial charge in [0.25, 0.3) is 0 Å². The Balaban J connectivity index is 1.91. The fraction of sp³-hybridized carbons (Fsp3) is 0.727. The van der Waals surface area contributed by atoms with Crippen LogP contribution < -0.4 is 21.3 Å². The topological polar surface area (TPSA) is 157 Å². The third-order valence-corrected chi connectivity index (χ3v) is 11.5. The molecule has 1 aliphatic carbocycles. The molecule has 45 heavy (non-hydrogen) atoms. The Kier molecular flexibility index (Phi) is 12.6. The first-order chi connectivity index (χ1) is 20.9. The number of nitrogens with one attached hydrogen (secondary N) is 4. The summed E-state index contributed by atoms with van der Waals surface area (Å²) >= 11 is 0. The number of carbonyl (C=O) groups is 3. The van der Waals surface area contributed by atoms with E-state index in [-0.39, 0.29) is 25.4 Å². The number of aliphatic hydroxyl groups is 1. The number of nitrogens with zero attached hydrogens (tertiary/aromatic N) is 1. The van der Waals surface area contributed by atoms with Gasteiger partial charge in [0.2, 0.25) is 17.7 Å². The average Bonchev–Trinajstić information content (AvgIpc) is 2.94. The summed E-state index contributed by atoms with van der Waals surface area (Å²) in [5, 5.41) is 23.1. The van der Waals surface area contributed by atoms with Crippen LogP contribution in [-0.2, 0) is 30.6 Å². The molecule has 5 N–H and O–H groups in total. The summed E-state index contributed by atoms with van der Waals surface area (Å²) in [7, 11) is -2.22. The zero-order valence-corrected chi connectivity index (χ0v) is 28.9. The lowest BCUT2D eigenvalue weighted by atomic mass is 9.72. The quantitative estimate of drug-likeness (QED) is 0.215. The van der Waals surface area contributed by atoms with Crippen molar-refractivity contribution in [3.63, 3.8) is 0 Å². The van der Waals surface area contributed by atoms with Crippen LogP contribution in [-0.4, -0.2) is 104 Å². The molecule has 12 heteroatoms. The second kappa shape index (κ2) is 15.4. The summed E-state index contributed by atoms with van der Waals surface area (Å²) in [5.74, 6) is -0.401. The molecule has 0 aromatic heterocycles. The Morgan fingerprint density at radius 2 is 1.62 bits per heavy atom. The number of piperidine rings is 1. The molecule has 1 saturated carbocycles. The van der Waals surface area contributed by atoms with Crippen molar-refractivity contribution in [1.29, 1.82) is 0 Å². The average molecular weight is 650 g/mol. The van der Waals surface area contributed by atoms with E-state index in [1.807, 2.05) is 51.1 Å². The van der Waals surface area contributed by atoms with Crippen molar-refractivity contribution in [3.05, 3.63) is 35.9 Å². The highest BCUT2D eigenvalue weighted by Gasteiger charge is 2.46. The van der Waals surface area contributed by atoms with Crippen LogP contribution in [0.1, 0.15) is 72.3 Å². The molecule has 1 heterocycles. The van der Waals surface area contributed by atoms with Gasteiger partial charge < -0.3 is 26.4 Å². The molecule has 1 aliphatic heterocycles. The van der Waals surface area contributed by atoms with Gasteiger partial charge in [0.1, 0.15) is 6.04 Å². The predicted molar refractivity (Wildman–Crippen MR) is 176 cm³/mol. The van der Waals surface area contributed by atoms with Gasteiger partial charge in [-0.05, 0) is 78.3 Å². The van der Waals surface area contributed by atoms with Crippen LogP contribution in [0.5, 0.6) is 0 Å². The lowest BCUT2D eigenvalue weighted by Crippen LogP contribution is -2.64. The molecular formula is C33H55N5O6S. The highest BCUT2D eigenvalue weighted by Crippen LogP contribution is 2.39. The van der Waals surface area contributed by atoms with Gasteiger partial charge in [-0.25, -0.2) is 8.42 Å². The molecule has 0 spiro atoms. The normalized spacial score (nSPS) is 23.2. The Bertz CT molecular complexity index is 1270. The number of sulfone groups is 1. The fourth-order valence-corrected chi connectivity index (χ4v) is 7.15. The van der Waals surface area contributed by atoms with Gasteiger partial charge in [-0.3, -0.25) is 19.3 Å². The number of fused-ring (bicyclic) bond motifs is 1. The monoisotopic (exact) mass is 649 g/mol. The molecule has 6 atom stereocenters. The molecular weight excluding hydrogens is 594 g/mol. The van der Waals surface area contributed by atoms with Crippen LogP contribution in [0, 0.1) is 11.8 Å². The van der Waals surface area contributed by atoms with Gasteiger partial charge in [0, 0.05) is 24.9 Å². The first-order valence-electron chi connectivity index (χ1n) is 16.1. The summed E-state index contributed by atoms with van der Waals surface area (Å²) in [5.41, 5.74) is 0.460. The maximum absolute atomic E-state index is 13.9. The summed E-state index contributed by atoms with van der Waals surface area (Å²) in [6, 6.07) is 6.75. The minimum absolute atomic E-state index is 0.0652. The number of likely N-dealkylation sites (N-methyl/N-ethyl adjacent to an activating group) is 1. The summed E-state index contributed by atoms with van der Waals surface area (Å²) in [4.78, 5) is 42.1. The standard InChI is InChI=1S/C33H55N5O6S/c1-32(2,3)37-30(41)26-18-23-15-11-12-16-24(23)20-38(26)21-27(39)25(17-22-13-9-8-10-14-22)35-31(42)29(36-28(40)19-34-6)33(4,5)45(7,43)44/h8-10,13-14,23-27,29,34,39H,11-12,15-21H2,1-7H3,(H,35,42)(H,36,40)(H,37,41)/t23-,24+,25-,26-,27+,29+/m0/s1. The molecule has 2 aliphatic rings. The van der Waals surface area contributed by atoms with Gasteiger partial charge in [-0.1, -0.05) is 49.6 Å². The number of hydrogen-bond acceptors (Lipinski definition) is 8. The van der Waals surface area contributed by atoms with Crippen LogP contribution in [0.25, 0.3) is 0 Å². The SMILES string of the molecule is CNCC(=O)N[C@H](C(=O)N[C@@H](Cc1ccccc1)[C@H](O)CN1C[C@H]2CCCC[C@H]2C[C@H]1C(=O)NC(C)(C)C)C(C)(C)S(C)(=O)=O. The molecule has 1 aromatic carbocycles. The molecule has 0 unspecified atom stereocenters. The van der Waals surface area contributed by atoms with Gasteiger partial charge >= 0.3 is 0 Å². The number of aliphatic hydroxyl groups excluding tert-OH is 1. The smallest absolute Gasteiger partial charge is 0.244 e. The van der Waals surface area contributed by atoms with Crippen molar-refractivity contribution in [2.75, 3.05) is 32.9 Å². The lowest BCUT2D eigenvalue weighted by molar-refractivity contribution is -0.133. The van der Waals surface area contributed by atoms with Crippen LogP contribution in [0.15, 0.2) is 30.3 Å². The Labute approximate surface area is 269 Å². The van der Waals surface area contributed by atoms with Crippen molar-refractivity contribution in [1.82, 2.24) is 26.2 Å². The van der Waals surface area contributed by atoms with Crippen LogP contribution >= 0.6 is 0 Å². The lowest BCUT2D eigenvalue weighted by Gasteiger charge is -2.47. The fourth-order valence-electron chi connectivity index (χ4n) is 6.55. The first kappa shape index (κ1) is 36.9. The maximum Gasteiger partial charge on any atom is 0.244 e. The molecule has 1 aromatic rings. The highest BCUT2D eigenvalue weighted by molar-refractivity contribution is 7.92. The van der Waals surface area contributed by atoms with Crippen molar-refractivity contribution >= 4 is 27.6 Å². The number of amides is 3. The first-order valence-corrected chi connectivity index (χ1v) is 18.0. The Morgan fingerprint density at radius 3 is 2.20 bits per heavy atom. The second-order valence-electron chi connectivity index (χ2n) is 14.5. The van der Waals surface area contributed by atoms with E-state index in [1.165, 1.54) is 20.3 Å². The number of β-amino-alcohol motifs (C(OH)–C–C–N with tert-alkyl or cyclic N) is 1. The third-order valence-electron chi connectivity index (χ3n) is 9.37. The van der Waals surface area contributed by atoms with E-state index in [9.17, 15) is 27.9 Å². The molecule has 3 amide bonds. The molecule has 0 bridgehead atoms. The largest absolute Gasteiger partial charge is 0.390 e. The number of carbonyl (C=O) groups excluding carboxylic acids is 3. The van der Waals surface area contributed by atoms with E-state index in [2.05, 4.69) is 26.2 Å². The second-order valence-corrected chi connectivity index (χ2v) is 17.1. The molecule has 3 rings (SSSR count). The van der Waals surface area contributed by atoms with Gasteiger partial charge in [0.05, 0.1) is 29.5 Å². The summed E-state index contributed by atoms with van der Waals surface area (Å²) in [6.07, 6.45) is 5.44. The predicted octanol–water partition coefficient (Wildman–Crippen LogP) is 1.40. The molecule has 254 valence electrons. The molecule has 0 radical (unpaired) electrons. The van der Waals surface area contributed by atoms with Crippen molar-refractivity contribution < 1.29 is 27.9 Å². The Morgan fingerprint density at radius 1 is 1.00 bits per heavy atom. The van der Waals surface area contributed by atoms with Gasteiger partial charge in [-0.2, -0.15) is 0 Å². The van der Waals surface area contributed by atoms with Crippen LogP contribution in [0.2, 0.25) is 0 Å². The summed E-state index contributed by atoms with van der Waals surface area (Å²) < 4.78 is 23.9. The maximum atomic E-state index is 13.9. The number of hydrogen-bond donors (Lipinski definition) is 5. The van der Waals surface area contributed by atoms with Crippen LogP contribution in [0.4, 0.5) is 0 Å². The van der Waals surface area contributed by atoms with Crippen LogP contribution in [0.3, 0.4) is 0 Å². The Hall–Kier alpha value is -2.54. The summed E-state index contributed by atoms with van der Waals surface area (Å²) in [6.45, 7) is 9.38. The van der Waals surface area contributed by atoms with E-state index < -0.39 is 56.2 Å². The zero-order valence-electron chi connectivity index (χ0n) is 28.1. The van der Waals surface area contributed by atoms with Gasteiger partial charge in [0.15, 0.2) is 9.84 Å². The third kappa shape index (κ3) is 10.2. The minimum Gasteiger partial charge on any atom is -0.390 e. The van der Waals surface area contributed by atoms with E-state index in [4.69, 9.17) is 0 Å². The van der Waals surface area contributed by atoms with Crippen molar-refractivity contribution in [3.8, 4) is 0 Å².